The number of carbonyl (C=O) groups excluding carboxylic acids is 1. The van der Waals surface area contributed by atoms with Gasteiger partial charge in [-0.1, -0.05) is 36.4 Å². The van der Waals surface area contributed by atoms with Gasteiger partial charge in [0.2, 0.25) is 5.88 Å². The van der Waals surface area contributed by atoms with Crippen molar-refractivity contribution in [2.45, 2.75) is 20.1 Å². The molecule has 27 heavy (non-hydrogen) atoms. The third kappa shape index (κ3) is 4.71. The fourth-order valence-electron chi connectivity index (χ4n) is 2.67. The Kier molecular flexibility index (Phi) is 5.80. The largest absolute Gasteiger partial charge is 0.473 e. The van der Waals surface area contributed by atoms with E-state index in [4.69, 9.17) is 10.00 Å². The zero-order chi connectivity index (χ0) is 19.1. The molecular weight excluding hydrogens is 338 g/mol. The number of Topliss-reactive ketones (excluding diaryl/α,β-unsaturated/α-hetero) is 1. The van der Waals surface area contributed by atoms with Crippen molar-refractivity contribution in [3.8, 4) is 11.9 Å². The Morgan fingerprint density at radius 1 is 1.15 bits per heavy atom. The zero-order valence-corrected chi connectivity index (χ0v) is 15.0. The summed E-state index contributed by atoms with van der Waals surface area (Å²) in [7, 11) is 0. The molecule has 0 aliphatic rings. The Morgan fingerprint density at radius 2 is 1.96 bits per heavy atom. The summed E-state index contributed by atoms with van der Waals surface area (Å²) >= 11 is 0. The van der Waals surface area contributed by atoms with Gasteiger partial charge in [-0.3, -0.25) is 4.79 Å². The molecule has 0 unspecified atom stereocenters. The monoisotopic (exact) mass is 357 g/mol. The van der Waals surface area contributed by atoms with Crippen LogP contribution in [-0.4, -0.2) is 10.8 Å². The van der Waals surface area contributed by atoms with Crippen LogP contribution in [0.4, 0.5) is 5.69 Å². The minimum atomic E-state index is -0.0614. The fraction of sp³-hybridized carbons (Fsp3) is 0.136. The first-order chi connectivity index (χ1) is 13.2. The third-order valence-electron chi connectivity index (χ3n) is 4.07. The Hall–Kier alpha value is -3.65. The van der Waals surface area contributed by atoms with Crippen LogP contribution in [0.1, 0.15) is 34.0 Å². The molecule has 0 aliphatic carbocycles. The molecule has 0 atom stereocenters. The fourth-order valence-corrected chi connectivity index (χ4v) is 2.67. The number of pyridine rings is 1. The molecule has 3 rings (SSSR count). The lowest BCUT2D eigenvalue weighted by Gasteiger charge is -2.14. The number of rotatable bonds is 7. The number of aromatic nitrogens is 1. The van der Waals surface area contributed by atoms with Crippen molar-refractivity contribution in [1.82, 2.24) is 4.98 Å². The number of hydrogen-bond donors (Lipinski definition) is 1. The van der Waals surface area contributed by atoms with Crippen molar-refractivity contribution in [3.63, 3.8) is 0 Å². The van der Waals surface area contributed by atoms with E-state index in [9.17, 15) is 4.79 Å². The SMILES string of the molecule is CC(=O)c1ccc(C#N)cc1NCc1cccnc1OCc1ccccc1. The van der Waals surface area contributed by atoms with E-state index in [1.165, 1.54) is 6.92 Å². The lowest BCUT2D eigenvalue weighted by Crippen LogP contribution is -2.08. The van der Waals surface area contributed by atoms with E-state index in [2.05, 4.69) is 16.4 Å². The number of anilines is 1. The van der Waals surface area contributed by atoms with E-state index in [1.807, 2.05) is 42.5 Å². The summed E-state index contributed by atoms with van der Waals surface area (Å²) in [6.45, 7) is 2.35. The molecule has 0 radical (unpaired) electrons. The second-order valence-corrected chi connectivity index (χ2v) is 6.02. The minimum absolute atomic E-state index is 0.0614. The maximum atomic E-state index is 11.8. The Labute approximate surface area is 158 Å². The first kappa shape index (κ1) is 18.2. The molecule has 1 aromatic heterocycles. The maximum absolute atomic E-state index is 11.8. The van der Waals surface area contributed by atoms with Crippen LogP contribution in [-0.2, 0) is 13.2 Å². The molecule has 0 saturated heterocycles. The van der Waals surface area contributed by atoms with Crippen LogP contribution in [0.5, 0.6) is 5.88 Å². The van der Waals surface area contributed by atoms with Gasteiger partial charge in [-0.2, -0.15) is 5.26 Å². The average molecular weight is 357 g/mol. The van der Waals surface area contributed by atoms with Crippen molar-refractivity contribution in [2.24, 2.45) is 0 Å². The average Bonchev–Trinajstić information content (AvgIpc) is 2.71. The molecule has 1 heterocycles. The van der Waals surface area contributed by atoms with Crippen LogP contribution >= 0.6 is 0 Å². The minimum Gasteiger partial charge on any atom is -0.473 e. The van der Waals surface area contributed by atoms with Gasteiger partial charge in [-0.05, 0) is 36.8 Å². The number of nitrogens with one attached hydrogen (secondary N) is 1. The molecule has 0 aliphatic heterocycles. The standard InChI is InChI=1S/C22H19N3O2/c1-16(26)20-10-9-18(13-23)12-21(20)25-14-19-8-5-11-24-22(19)27-15-17-6-3-2-4-7-17/h2-12,25H,14-15H2,1H3. The quantitative estimate of drug-likeness (QED) is 0.636. The predicted octanol–water partition coefficient (Wildman–Crippen LogP) is 4.35. The van der Waals surface area contributed by atoms with Crippen molar-refractivity contribution < 1.29 is 9.53 Å². The first-order valence-corrected chi connectivity index (χ1v) is 8.57. The molecule has 0 bridgehead atoms. The van der Waals surface area contributed by atoms with Crippen molar-refractivity contribution in [2.75, 3.05) is 5.32 Å². The second-order valence-electron chi connectivity index (χ2n) is 6.02. The second kappa shape index (κ2) is 8.63. The topological polar surface area (TPSA) is 75.0 Å². The Balaban J connectivity index is 1.75. The smallest absolute Gasteiger partial charge is 0.218 e. The van der Waals surface area contributed by atoms with Gasteiger partial charge in [0.1, 0.15) is 6.61 Å². The van der Waals surface area contributed by atoms with Crippen LogP contribution in [0.2, 0.25) is 0 Å². The van der Waals surface area contributed by atoms with Gasteiger partial charge in [0.15, 0.2) is 5.78 Å². The van der Waals surface area contributed by atoms with Crippen LogP contribution in [0.25, 0.3) is 0 Å². The number of hydrogen-bond acceptors (Lipinski definition) is 5. The van der Waals surface area contributed by atoms with E-state index in [0.717, 1.165) is 11.1 Å². The van der Waals surface area contributed by atoms with Crippen molar-refractivity contribution in [1.29, 1.82) is 5.26 Å². The maximum Gasteiger partial charge on any atom is 0.218 e. The van der Waals surface area contributed by atoms with Gasteiger partial charge < -0.3 is 10.1 Å². The van der Waals surface area contributed by atoms with Crippen LogP contribution in [0, 0.1) is 11.3 Å². The highest BCUT2D eigenvalue weighted by Gasteiger charge is 2.10. The van der Waals surface area contributed by atoms with E-state index >= 15 is 0 Å². The van der Waals surface area contributed by atoms with E-state index in [0.29, 0.717) is 35.8 Å². The van der Waals surface area contributed by atoms with Gasteiger partial charge in [0.25, 0.3) is 0 Å². The number of ketones is 1. The first-order valence-electron chi connectivity index (χ1n) is 8.57. The summed E-state index contributed by atoms with van der Waals surface area (Å²) in [5, 5.41) is 12.3. The van der Waals surface area contributed by atoms with Crippen LogP contribution < -0.4 is 10.1 Å². The highest BCUT2D eigenvalue weighted by Crippen LogP contribution is 2.22. The number of ether oxygens (including phenoxy) is 1. The third-order valence-corrected chi connectivity index (χ3v) is 4.07. The van der Waals surface area contributed by atoms with Crippen molar-refractivity contribution >= 4 is 11.5 Å². The van der Waals surface area contributed by atoms with E-state index in [1.54, 1.807) is 24.4 Å². The lowest BCUT2D eigenvalue weighted by atomic mass is 10.1. The summed E-state index contributed by atoms with van der Waals surface area (Å²) in [4.78, 5) is 16.2. The van der Waals surface area contributed by atoms with Gasteiger partial charge in [0.05, 0.1) is 11.6 Å². The van der Waals surface area contributed by atoms with Gasteiger partial charge in [-0.25, -0.2) is 4.98 Å². The van der Waals surface area contributed by atoms with Gasteiger partial charge >= 0.3 is 0 Å². The van der Waals surface area contributed by atoms with Crippen LogP contribution in [0.15, 0.2) is 66.9 Å². The highest BCUT2D eigenvalue weighted by molar-refractivity contribution is 5.99. The molecule has 3 aromatic rings. The molecule has 5 heteroatoms. The number of benzene rings is 2. The Morgan fingerprint density at radius 3 is 2.70 bits per heavy atom. The van der Waals surface area contributed by atoms with E-state index < -0.39 is 0 Å². The summed E-state index contributed by atoms with van der Waals surface area (Å²) in [5.41, 5.74) is 3.59. The zero-order valence-electron chi connectivity index (χ0n) is 15.0. The molecule has 0 saturated carbocycles. The summed E-state index contributed by atoms with van der Waals surface area (Å²) < 4.78 is 5.86. The molecule has 0 amide bonds. The number of carbonyl (C=O) groups is 1. The highest BCUT2D eigenvalue weighted by atomic mass is 16.5. The molecule has 1 N–H and O–H groups in total. The molecule has 0 spiro atoms. The molecule has 5 nitrogen and oxygen atoms in total. The molecule has 0 fully saturated rings. The number of nitriles is 1. The normalized spacial score (nSPS) is 10.1. The summed E-state index contributed by atoms with van der Waals surface area (Å²) in [6, 6.07) is 20.7. The van der Waals surface area contributed by atoms with Gasteiger partial charge in [-0.15, -0.1) is 0 Å². The molecular formula is C22H19N3O2. The summed E-state index contributed by atoms with van der Waals surface area (Å²) in [6.07, 6.45) is 1.68. The van der Waals surface area contributed by atoms with Crippen LogP contribution in [0.3, 0.4) is 0 Å². The van der Waals surface area contributed by atoms with Crippen molar-refractivity contribution in [3.05, 3.63) is 89.1 Å². The van der Waals surface area contributed by atoms with E-state index in [-0.39, 0.29) is 5.78 Å². The predicted molar refractivity (Wildman–Crippen MR) is 103 cm³/mol. The lowest BCUT2D eigenvalue weighted by molar-refractivity contribution is 0.101. The molecule has 134 valence electrons. The van der Waals surface area contributed by atoms with Gasteiger partial charge in [0, 0.05) is 29.6 Å². The Bertz CT molecular complexity index is 978. The number of nitrogens with zero attached hydrogens (tertiary/aromatic N) is 2. The molecule has 2 aromatic carbocycles. The summed E-state index contributed by atoms with van der Waals surface area (Å²) in [5.74, 6) is 0.475.